The number of pyridine rings is 1. The molecule has 0 spiro atoms. The van der Waals surface area contributed by atoms with Crippen molar-refractivity contribution in [1.29, 1.82) is 0 Å². The number of hydrogen-bond donors (Lipinski definition) is 2. The van der Waals surface area contributed by atoms with Crippen LogP contribution in [0, 0.1) is 0 Å². The van der Waals surface area contributed by atoms with E-state index in [1.165, 1.54) is 7.11 Å². The molecule has 3 aromatic rings. The lowest BCUT2D eigenvalue weighted by Gasteiger charge is -2.23. The summed E-state index contributed by atoms with van der Waals surface area (Å²) in [5.41, 5.74) is 2.72. The van der Waals surface area contributed by atoms with Crippen LogP contribution in [0.25, 0.3) is 23.3 Å². The maximum atomic E-state index is 12.4. The van der Waals surface area contributed by atoms with E-state index in [9.17, 15) is 18.0 Å². The Morgan fingerprint density at radius 1 is 1.06 bits per heavy atom. The molecule has 3 rings (SSSR count). The fraction of sp³-hybridized carbons (Fsp3) is 0.200. The number of nitrogens with one attached hydrogen (secondary N) is 2. The summed E-state index contributed by atoms with van der Waals surface area (Å²) in [6.45, 7) is 3.58. The predicted molar refractivity (Wildman–Crippen MR) is 132 cm³/mol. The molecule has 0 saturated heterocycles. The standard InChI is InChI=1S/C25H26N2O5S/c1-25(2,16-28)22-15-19(21-6-5-13-26-24(21)29)14-18(23(22)32-3)10-7-17-8-11-20(12-9-17)27-33(4,30)31/h5-16,27H,1-4H3,(H,26,29)/b10-7+. The monoisotopic (exact) mass is 466 g/mol. The molecule has 0 saturated carbocycles. The van der Waals surface area contributed by atoms with Crippen molar-refractivity contribution in [2.24, 2.45) is 0 Å². The zero-order chi connectivity index (χ0) is 24.2. The van der Waals surface area contributed by atoms with Gasteiger partial charge in [0.1, 0.15) is 12.0 Å². The first-order valence-corrected chi connectivity index (χ1v) is 12.1. The minimum Gasteiger partial charge on any atom is -0.496 e. The Kier molecular flexibility index (Phi) is 6.88. The molecular weight excluding hydrogens is 440 g/mol. The van der Waals surface area contributed by atoms with E-state index < -0.39 is 15.4 Å². The summed E-state index contributed by atoms with van der Waals surface area (Å²) in [7, 11) is -1.81. The van der Waals surface area contributed by atoms with E-state index in [1.807, 2.05) is 18.2 Å². The molecule has 7 nitrogen and oxygen atoms in total. The normalized spacial score (nSPS) is 12.0. The fourth-order valence-corrected chi connectivity index (χ4v) is 3.98. The lowest BCUT2D eigenvalue weighted by Crippen LogP contribution is -2.20. The van der Waals surface area contributed by atoms with Crippen molar-refractivity contribution in [1.82, 2.24) is 4.98 Å². The van der Waals surface area contributed by atoms with Crippen LogP contribution < -0.4 is 15.0 Å². The van der Waals surface area contributed by atoms with Crippen LogP contribution in [0.5, 0.6) is 5.75 Å². The number of aromatic amines is 1. The van der Waals surface area contributed by atoms with Crippen molar-refractivity contribution in [2.75, 3.05) is 18.1 Å². The minimum atomic E-state index is -3.35. The quantitative estimate of drug-likeness (QED) is 0.385. The molecule has 0 atom stereocenters. The third-order valence-electron chi connectivity index (χ3n) is 5.11. The van der Waals surface area contributed by atoms with Crippen LogP contribution in [0.15, 0.2) is 59.5 Å². The number of ether oxygens (including phenoxy) is 1. The van der Waals surface area contributed by atoms with Crippen LogP contribution in [-0.4, -0.2) is 33.1 Å². The van der Waals surface area contributed by atoms with Gasteiger partial charge in [0.25, 0.3) is 5.56 Å². The molecule has 172 valence electrons. The van der Waals surface area contributed by atoms with E-state index in [0.29, 0.717) is 33.7 Å². The molecule has 1 heterocycles. The van der Waals surface area contributed by atoms with E-state index in [1.54, 1.807) is 62.5 Å². The largest absolute Gasteiger partial charge is 0.496 e. The van der Waals surface area contributed by atoms with Gasteiger partial charge in [-0.05, 0) is 61.4 Å². The van der Waals surface area contributed by atoms with Gasteiger partial charge in [-0.15, -0.1) is 0 Å². The predicted octanol–water partition coefficient (Wildman–Crippen LogP) is 4.07. The number of carbonyl (C=O) groups excluding carboxylic acids is 1. The first-order valence-electron chi connectivity index (χ1n) is 10.2. The number of benzene rings is 2. The van der Waals surface area contributed by atoms with Gasteiger partial charge in [-0.1, -0.05) is 24.3 Å². The molecule has 0 amide bonds. The smallest absolute Gasteiger partial charge is 0.255 e. The number of aldehydes is 1. The second-order valence-corrected chi connectivity index (χ2v) is 9.98. The van der Waals surface area contributed by atoms with Gasteiger partial charge < -0.3 is 14.5 Å². The maximum absolute atomic E-state index is 12.4. The zero-order valence-electron chi connectivity index (χ0n) is 18.9. The molecule has 1 aromatic heterocycles. The highest BCUT2D eigenvalue weighted by Crippen LogP contribution is 2.37. The molecule has 0 aliphatic heterocycles. The lowest BCUT2D eigenvalue weighted by molar-refractivity contribution is -0.111. The molecule has 0 aliphatic carbocycles. The van der Waals surface area contributed by atoms with E-state index in [-0.39, 0.29) is 5.56 Å². The van der Waals surface area contributed by atoms with Gasteiger partial charge in [-0.2, -0.15) is 0 Å². The van der Waals surface area contributed by atoms with Crippen molar-refractivity contribution >= 4 is 34.1 Å². The molecule has 0 radical (unpaired) electrons. The van der Waals surface area contributed by atoms with Gasteiger partial charge in [-0.3, -0.25) is 9.52 Å². The van der Waals surface area contributed by atoms with Crippen molar-refractivity contribution in [3.8, 4) is 16.9 Å². The third-order valence-corrected chi connectivity index (χ3v) is 5.72. The number of rotatable bonds is 8. The van der Waals surface area contributed by atoms with Gasteiger partial charge in [-0.25, -0.2) is 8.42 Å². The lowest BCUT2D eigenvalue weighted by atomic mass is 9.82. The van der Waals surface area contributed by atoms with Crippen LogP contribution in [0.2, 0.25) is 0 Å². The number of carbonyl (C=O) groups is 1. The summed E-state index contributed by atoms with van der Waals surface area (Å²) in [5.74, 6) is 0.537. The second kappa shape index (κ2) is 9.46. The van der Waals surface area contributed by atoms with Crippen LogP contribution in [0.4, 0.5) is 5.69 Å². The Balaban J connectivity index is 2.11. The van der Waals surface area contributed by atoms with Gasteiger partial charge in [0.05, 0.1) is 13.4 Å². The highest BCUT2D eigenvalue weighted by Gasteiger charge is 2.26. The van der Waals surface area contributed by atoms with E-state index in [0.717, 1.165) is 18.1 Å². The highest BCUT2D eigenvalue weighted by molar-refractivity contribution is 7.92. The van der Waals surface area contributed by atoms with Crippen molar-refractivity contribution < 1.29 is 17.9 Å². The number of sulfonamides is 1. The zero-order valence-corrected chi connectivity index (χ0v) is 19.7. The van der Waals surface area contributed by atoms with Crippen molar-refractivity contribution in [3.05, 3.63) is 81.8 Å². The highest BCUT2D eigenvalue weighted by atomic mass is 32.2. The van der Waals surface area contributed by atoms with Crippen LogP contribution in [0.3, 0.4) is 0 Å². The molecule has 0 aliphatic rings. The Bertz CT molecular complexity index is 1350. The third kappa shape index (κ3) is 5.78. The number of H-pyrrole nitrogens is 1. The summed E-state index contributed by atoms with van der Waals surface area (Å²) < 4.78 is 30.9. The van der Waals surface area contributed by atoms with Crippen LogP contribution in [-0.2, 0) is 20.2 Å². The number of hydrogen-bond acceptors (Lipinski definition) is 5. The van der Waals surface area contributed by atoms with E-state index in [2.05, 4.69) is 9.71 Å². The van der Waals surface area contributed by atoms with Crippen LogP contribution in [0.1, 0.15) is 30.5 Å². The summed E-state index contributed by atoms with van der Waals surface area (Å²) >= 11 is 0. The average Bonchev–Trinajstić information content (AvgIpc) is 2.77. The first-order chi connectivity index (χ1) is 15.5. The molecule has 0 fully saturated rings. The van der Waals surface area contributed by atoms with Crippen molar-refractivity contribution in [3.63, 3.8) is 0 Å². The molecule has 0 bridgehead atoms. The van der Waals surface area contributed by atoms with Crippen molar-refractivity contribution in [2.45, 2.75) is 19.3 Å². The number of aromatic nitrogens is 1. The molecule has 2 N–H and O–H groups in total. The molecule has 0 unspecified atom stereocenters. The van der Waals surface area contributed by atoms with Crippen LogP contribution >= 0.6 is 0 Å². The van der Waals surface area contributed by atoms with Gasteiger partial charge in [0, 0.05) is 34.0 Å². The Morgan fingerprint density at radius 3 is 2.33 bits per heavy atom. The first kappa shape index (κ1) is 24.0. The molecule has 33 heavy (non-hydrogen) atoms. The Morgan fingerprint density at radius 2 is 1.76 bits per heavy atom. The summed E-state index contributed by atoms with van der Waals surface area (Å²) in [5, 5.41) is 0. The molecule has 2 aromatic carbocycles. The average molecular weight is 467 g/mol. The minimum absolute atomic E-state index is 0.235. The van der Waals surface area contributed by atoms with Gasteiger partial charge in [0.2, 0.25) is 10.0 Å². The topological polar surface area (TPSA) is 105 Å². The van der Waals surface area contributed by atoms with E-state index in [4.69, 9.17) is 4.74 Å². The van der Waals surface area contributed by atoms with Gasteiger partial charge >= 0.3 is 0 Å². The summed E-state index contributed by atoms with van der Waals surface area (Å²) in [6, 6.07) is 14.0. The SMILES string of the molecule is COc1c(/C=C/c2ccc(NS(C)(=O)=O)cc2)cc(-c2ccc[nH]c2=O)cc1C(C)(C)C=O. The second-order valence-electron chi connectivity index (χ2n) is 8.23. The number of methoxy groups -OCH3 is 1. The molecular formula is C25H26N2O5S. The number of anilines is 1. The van der Waals surface area contributed by atoms with E-state index >= 15 is 0 Å². The maximum Gasteiger partial charge on any atom is 0.255 e. The molecule has 8 heteroatoms. The summed E-state index contributed by atoms with van der Waals surface area (Å²) in [4.78, 5) is 26.9. The fourth-order valence-electron chi connectivity index (χ4n) is 3.41. The Hall–Kier alpha value is -3.65. The van der Waals surface area contributed by atoms with Gasteiger partial charge in [0.15, 0.2) is 0 Å². The Labute approximate surface area is 193 Å². The summed E-state index contributed by atoms with van der Waals surface area (Å²) in [6.07, 6.45) is 7.19.